The zero-order valence-corrected chi connectivity index (χ0v) is 5.88. The van der Waals surface area contributed by atoms with Gasteiger partial charge in [0, 0.05) is 0 Å². The van der Waals surface area contributed by atoms with Gasteiger partial charge in [0.2, 0.25) is 0 Å². The van der Waals surface area contributed by atoms with Crippen molar-refractivity contribution in [3.63, 3.8) is 0 Å². The zero-order valence-electron chi connectivity index (χ0n) is 5.88. The molecule has 0 saturated heterocycles. The number of ketones is 1. The van der Waals surface area contributed by atoms with Gasteiger partial charge in [-0.15, -0.1) is 0 Å². The highest BCUT2D eigenvalue weighted by atomic mass is 16.5. The van der Waals surface area contributed by atoms with Crippen LogP contribution in [0.4, 0.5) is 0 Å². The first-order valence-corrected chi connectivity index (χ1v) is 3.02. The van der Waals surface area contributed by atoms with Gasteiger partial charge < -0.3 is 4.74 Å². The molecule has 0 aliphatic carbocycles. The fraction of sp³-hybridized carbons (Fsp3) is 0.429. The van der Waals surface area contributed by atoms with Crippen molar-refractivity contribution in [3.05, 3.63) is 11.8 Å². The lowest BCUT2D eigenvalue weighted by Gasteiger charge is -1.96. The van der Waals surface area contributed by atoms with E-state index in [2.05, 4.69) is 4.74 Å². The number of cyclic esters (lactones) is 1. The summed E-state index contributed by atoms with van der Waals surface area (Å²) in [4.78, 5) is 21.4. The molecular formula is C7H8O3. The van der Waals surface area contributed by atoms with E-state index < -0.39 is 11.9 Å². The smallest absolute Gasteiger partial charge is 0.325 e. The Morgan fingerprint density at radius 2 is 2.30 bits per heavy atom. The average Bonchev–Trinajstić information content (AvgIpc) is 2.10. The third kappa shape index (κ3) is 1.07. The van der Waals surface area contributed by atoms with Gasteiger partial charge in [0.25, 0.3) is 0 Å². The topological polar surface area (TPSA) is 43.4 Å². The maximum Gasteiger partial charge on any atom is 0.325 e. The van der Waals surface area contributed by atoms with Gasteiger partial charge in [0.05, 0.1) is 0 Å². The van der Waals surface area contributed by atoms with Crippen LogP contribution in [0.3, 0.4) is 0 Å². The Labute approximate surface area is 58.7 Å². The predicted octanol–water partition coefficient (Wildman–Crippen LogP) is 0.652. The van der Waals surface area contributed by atoms with Crippen molar-refractivity contribution in [1.82, 2.24) is 0 Å². The third-order valence-electron chi connectivity index (χ3n) is 1.35. The van der Waals surface area contributed by atoms with Gasteiger partial charge in [-0.05, 0) is 19.9 Å². The van der Waals surface area contributed by atoms with Crippen LogP contribution < -0.4 is 0 Å². The fourth-order valence-electron chi connectivity index (χ4n) is 0.842. The summed E-state index contributed by atoms with van der Waals surface area (Å²) in [5.74, 6) is -0.753. The SMILES string of the molecule is CC(=O)C1C=C(C)OC1=O. The first-order valence-electron chi connectivity index (χ1n) is 3.02. The van der Waals surface area contributed by atoms with Crippen LogP contribution in [0.2, 0.25) is 0 Å². The van der Waals surface area contributed by atoms with Crippen molar-refractivity contribution in [3.8, 4) is 0 Å². The number of carbonyl (C=O) groups is 2. The second-order valence-corrected chi connectivity index (χ2v) is 2.29. The Hall–Kier alpha value is -1.12. The zero-order chi connectivity index (χ0) is 7.72. The number of esters is 1. The molecular weight excluding hydrogens is 132 g/mol. The normalized spacial score (nSPS) is 24.0. The van der Waals surface area contributed by atoms with E-state index in [-0.39, 0.29) is 5.78 Å². The molecule has 0 bridgehead atoms. The van der Waals surface area contributed by atoms with E-state index in [0.717, 1.165) is 0 Å². The highest BCUT2D eigenvalue weighted by Crippen LogP contribution is 2.17. The van der Waals surface area contributed by atoms with E-state index in [4.69, 9.17) is 0 Å². The van der Waals surface area contributed by atoms with Crippen molar-refractivity contribution >= 4 is 11.8 Å². The first-order chi connectivity index (χ1) is 4.61. The number of carbonyl (C=O) groups excluding carboxylic acids is 2. The summed E-state index contributed by atoms with van der Waals surface area (Å²) in [5.41, 5.74) is 0. The molecule has 0 saturated carbocycles. The summed E-state index contributed by atoms with van der Waals surface area (Å²) in [6.45, 7) is 3.03. The highest BCUT2D eigenvalue weighted by molar-refractivity contribution is 6.01. The van der Waals surface area contributed by atoms with Crippen LogP contribution >= 0.6 is 0 Å². The van der Waals surface area contributed by atoms with Gasteiger partial charge in [-0.2, -0.15) is 0 Å². The van der Waals surface area contributed by atoms with Gasteiger partial charge in [-0.25, -0.2) is 0 Å². The summed E-state index contributed by atoms with van der Waals surface area (Å²) in [6.07, 6.45) is 1.53. The largest absolute Gasteiger partial charge is 0.431 e. The molecule has 1 aliphatic heterocycles. The minimum atomic E-state index is -0.653. The van der Waals surface area contributed by atoms with Crippen LogP contribution in [0.25, 0.3) is 0 Å². The number of hydrogen-bond acceptors (Lipinski definition) is 3. The molecule has 1 heterocycles. The lowest BCUT2D eigenvalue weighted by Crippen LogP contribution is -2.15. The Kier molecular flexibility index (Phi) is 1.57. The van der Waals surface area contributed by atoms with Gasteiger partial charge >= 0.3 is 5.97 Å². The molecule has 3 nitrogen and oxygen atoms in total. The monoisotopic (exact) mass is 140 g/mol. The second-order valence-electron chi connectivity index (χ2n) is 2.29. The molecule has 10 heavy (non-hydrogen) atoms. The minimum absolute atomic E-state index is 0.165. The molecule has 0 N–H and O–H groups in total. The van der Waals surface area contributed by atoms with Crippen LogP contribution in [-0.4, -0.2) is 11.8 Å². The van der Waals surface area contributed by atoms with Crippen molar-refractivity contribution in [1.29, 1.82) is 0 Å². The predicted molar refractivity (Wildman–Crippen MR) is 34.0 cm³/mol. The molecule has 1 unspecified atom stereocenters. The standard InChI is InChI=1S/C7H8O3/c1-4-3-6(5(2)8)7(9)10-4/h3,6H,1-2H3. The molecule has 1 rings (SSSR count). The molecule has 0 aromatic rings. The van der Waals surface area contributed by atoms with Gasteiger partial charge in [-0.1, -0.05) is 0 Å². The molecule has 0 amide bonds. The summed E-state index contributed by atoms with van der Waals surface area (Å²) in [6, 6.07) is 0. The fourth-order valence-corrected chi connectivity index (χ4v) is 0.842. The quantitative estimate of drug-likeness (QED) is 0.396. The molecule has 0 spiro atoms. The molecule has 0 aromatic carbocycles. The van der Waals surface area contributed by atoms with Crippen LogP contribution in [-0.2, 0) is 14.3 Å². The summed E-state index contributed by atoms with van der Waals surface area (Å²) in [7, 11) is 0. The number of allylic oxidation sites excluding steroid dienone is 1. The lowest BCUT2D eigenvalue weighted by molar-refractivity contribution is -0.143. The van der Waals surface area contributed by atoms with Crippen LogP contribution in [0, 0.1) is 5.92 Å². The van der Waals surface area contributed by atoms with E-state index in [9.17, 15) is 9.59 Å². The molecule has 1 aliphatic rings. The summed E-state index contributed by atoms with van der Waals surface area (Å²) >= 11 is 0. The first kappa shape index (κ1) is 6.99. The average molecular weight is 140 g/mol. The van der Waals surface area contributed by atoms with Gasteiger partial charge in [-0.3, -0.25) is 9.59 Å². The molecule has 0 fully saturated rings. The third-order valence-corrected chi connectivity index (χ3v) is 1.35. The van der Waals surface area contributed by atoms with Crippen molar-refractivity contribution in [2.45, 2.75) is 13.8 Å². The number of Topliss-reactive ketones (excluding diaryl/α,β-unsaturated/α-hetero) is 1. The van der Waals surface area contributed by atoms with Crippen LogP contribution in [0.1, 0.15) is 13.8 Å². The second kappa shape index (κ2) is 2.25. The molecule has 1 atom stereocenters. The Balaban J connectivity index is 2.79. The number of ether oxygens (including phenoxy) is 1. The van der Waals surface area contributed by atoms with Crippen molar-refractivity contribution < 1.29 is 14.3 Å². The van der Waals surface area contributed by atoms with E-state index in [1.54, 1.807) is 6.92 Å². The Morgan fingerprint density at radius 1 is 1.70 bits per heavy atom. The molecule has 3 heteroatoms. The minimum Gasteiger partial charge on any atom is -0.431 e. The maximum atomic E-state index is 10.7. The Morgan fingerprint density at radius 3 is 2.50 bits per heavy atom. The van der Waals surface area contributed by atoms with Crippen LogP contribution in [0.15, 0.2) is 11.8 Å². The van der Waals surface area contributed by atoms with Gasteiger partial charge in [0.1, 0.15) is 17.5 Å². The van der Waals surface area contributed by atoms with E-state index in [1.807, 2.05) is 0 Å². The van der Waals surface area contributed by atoms with Crippen LogP contribution in [0.5, 0.6) is 0 Å². The van der Waals surface area contributed by atoms with Crippen molar-refractivity contribution in [2.24, 2.45) is 5.92 Å². The number of hydrogen-bond donors (Lipinski definition) is 0. The lowest BCUT2D eigenvalue weighted by atomic mass is 10.1. The number of rotatable bonds is 1. The van der Waals surface area contributed by atoms with E-state index >= 15 is 0 Å². The van der Waals surface area contributed by atoms with E-state index in [0.29, 0.717) is 5.76 Å². The maximum absolute atomic E-state index is 10.7. The van der Waals surface area contributed by atoms with E-state index in [1.165, 1.54) is 13.0 Å². The summed E-state index contributed by atoms with van der Waals surface area (Å²) < 4.78 is 4.64. The molecule has 0 radical (unpaired) electrons. The molecule has 0 aromatic heterocycles. The van der Waals surface area contributed by atoms with Gasteiger partial charge in [0.15, 0.2) is 0 Å². The molecule has 54 valence electrons. The Bertz CT molecular complexity index is 215. The summed E-state index contributed by atoms with van der Waals surface area (Å²) in [5, 5.41) is 0. The highest BCUT2D eigenvalue weighted by Gasteiger charge is 2.28. The van der Waals surface area contributed by atoms with Crippen molar-refractivity contribution in [2.75, 3.05) is 0 Å².